The van der Waals surface area contributed by atoms with Gasteiger partial charge in [-0.1, -0.05) is 49.5 Å². The molecule has 1 rings (SSSR count). The van der Waals surface area contributed by atoms with E-state index in [1.54, 1.807) is 12.1 Å². The highest BCUT2D eigenvalue weighted by Gasteiger charge is 2.09. The van der Waals surface area contributed by atoms with Crippen LogP contribution in [0.4, 0.5) is 0 Å². The zero-order valence-electron chi connectivity index (χ0n) is 5.89. The van der Waals surface area contributed by atoms with Crippen molar-refractivity contribution in [3.8, 4) is 6.07 Å². The van der Waals surface area contributed by atoms with E-state index in [4.69, 9.17) is 16.9 Å². The van der Waals surface area contributed by atoms with Crippen molar-refractivity contribution in [2.75, 3.05) is 0 Å². The average molecular weight is 309 g/mol. The van der Waals surface area contributed by atoms with Gasteiger partial charge >= 0.3 is 0 Å². The Hall–Kier alpha value is -0.0400. The standard InChI is InChI=1S/C8H4Br2ClN/c9-7-3-5(11)1-2-6(7)8(10)4-12/h1-3,8H. The fourth-order valence-corrected chi connectivity index (χ4v) is 2.39. The summed E-state index contributed by atoms with van der Waals surface area (Å²) in [6, 6.07) is 7.42. The zero-order chi connectivity index (χ0) is 9.14. The third-order valence-electron chi connectivity index (χ3n) is 1.35. The summed E-state index contributed by atoms with van der Waals surface area (Å²) >= 11 is 12.3. The Morgan fingerprint density at radius 1 is 1.50 bits per heavy atom. The molecule has 4 heteroatoms. The number of rotatable bonds is 1. The molecule has 0 spiro atoms. The highest BCUT2D eigenvalue weighted by atomic mass is 79.9. The fourth-order valence-electron chi connectivity index (χ4n) is 0.777. The van der Waals surface area contributed by atoms with Crippen LogP contribution in [0.3, 0.4) is 0 Å². The maximum atomic E-state index is 8.63. The van der Waals surface area contributed by atoms with Crippen molar-refractivity contribution >= 4 is 43.5 Å². The van der Waals surface area contributed by atoms with Gasteiger partial charge in [-0.15, -0.1) is 0 Å². The normalized spacial score (nSPS) is 12.2. The Bertz CT molecular complexity index is 332. The van der Waals surface area contributed by atoms with Crippen molar-refractivity contribution in [1.82, 2.24) is 0 Å². The number of alkyl halides is 1. The predicted octanol–water partition coefficient (Wildman–Crippen LogP) is 4.06. The third-order valence-corrected chi connectivity index (χ3v) is 2.97. The first-order valence-electron chi connectivity index (χ1n) is 3.14. The van der Waals surface area contributed by atoms with E-state index in [9.17, 15) is 0 Å². The summed E-state index contributed by atoms with van der Waals surface area (Å²) in [5, 5.41) is 9.29. The van der Waals surface area contributed by atoms with E-state index in [1.807, 2.05) is 6.07 Å². The molecule has 0 aliphatic carbocycles. The topological polar surface area (TPSA) is 23.8 Å². The molecule has 0 saturated carbocycles. The fraction of sp³-hybridized carbons (Fsp3) is 0.125. The van der Waals surface area contributed by atoms with E-state index < -0.39 is 0 Å². The van der Waals surface area contributed by atoms with E-state index in [2.05, 4.69) is 37.9 Å². The number of nitrogens with zero attached hydrogens (tertiary/aromatic N) is 1. The van der Waals surface area contributed by atoms with Crippen molar-refractivity contribution in [2.24, 2.45) is 0 Å². The monoisotopic (exact) mass is 307 g/mol. The molecule has 0 amide bonds. The molecule has 0 aromatic heterocycles. The minimum atomic E-state index is -0.288. The van der Waals surface area contributed by atoms with Crippen LogP contribution in [0.1, 0.15) is 10.4 Å². The second-order valence-electron chi connectivity index (χ2n) is 2.16. The van der Waals surface area contributed by atoms with Crippen LogP contribution in [0.5, 0.6) is 0 Å². The van der Waals surface area contributed by atoms with Gasteiger partial charge < -0.3 is 0 Å². The molecule has 0 N–H and O–H groups in total. The van der Waals surface area contributed by atoms with Crippen LogP contribution in [0.2, 0.25) is 5.02 Å². The van der Waals surface area contributed by atoms with E-state index in [1.165, 1.54) is 0 Å². The molecule has 1 aromatic carbocycles. The van der Waals surface area contributed by atoms with Crippen molar-refractivity contribution in [2.45, 2.75) is 4.83 Å². The lowest BCUT2D eigenvalue weighted by molar-refractivity contribution is 1.23. The molecular weight excluding hydrogens is 305 g/mol. The average Bonchev–Trinajstić information content (AvgIpc) is 2.03. The summed E-state index contributed by atoms with van der Waals surface area (Å²) in [7, 11) is 0. The van der Waals surface area contributed by atoms with Crippen molar-refractivity contribution < 1.29 is 0 Å². The smallest absolute Gasteiger partial charge is 0.127 e. The molecule has 0 radical (unpaired) electrons. The molecule has 1 nitrogen and oxygen atoms in total. The van der Waals surface area contributed by atoms with E-state index in [0.29, 0.717) is 5.02 Å². The van der Waals surface area contributed by atoms with Gasteiger partial charge in [0.2, 0.25) is 0 Å². The summed E-state index contributed by atoms with van der Waals surface area (Å²) in [5.41, 5.74) is 0.891. The van der Waals surface area contributed by atoms with E-state index in [-0.39, 0.29) is 4.83 Å². The zero-order valence-corrected chi connectivity index (χ0v) is 9.82. The predicted molar refractivity (Wildman–Crippen MR) is 56.4 cm³/mol. The van der Waals surface area contributed by atoms with Crippen LogP contribution < -0.4 is 0 Å². The minimum absolute atomic E-state index is 0.288. The molecule has 0 heterocycles. The maximum absolute atomic E-state index is 8.63. The first-order chi connectivity index (χ1) is 5.65. The van der Waals surface area contributed by atoms with Gasteiger partial charge in [-0.3, -0.25) is 0 Å². The van der Waals surface area contributed by atoms with Crippen molar-refractivity contribution in [3.63, 3.8) is 0 Å². The van der Waals surface area contributed by atoms with Crippen molar-refractivity contribution in [3.05, 3.63) is 33.3 Å². The second-order valence-corrected chi connectivity index (χ2v) is 4.36. The Morgan fingerprint density at radius 3 is 2.67 bits per heavy atom. The number of nitriles is 1. The van der Waals surface area contributed by atoms with Crippen LogP contribution >= 0.6 is 43.5 Å². The molecule has 12 heavy (non-hydrogen) atoms. The summed E-state index contributed by atoms with van der Waals surface area (Å²) in [6.07, 6.45) is 0. The molecule has 1 unspecified atom stereocenters. The first kappa shape index (κ1) is 10.0. The molecule has 1 atom stereocenters. The molecule has 0 aliphatic rings. The lowest BCUT2D eigenvalue weighted by Crippen LogP contribution is -1.86. The molecule has 62 valence electrons. The summed E-state index contributed by atoms with van der Waals surface area (Å²) in [5.74, 6) is 0. The Labute approximate surface area is 92.6 Å². The molecule has 0 fully saturated rings. The van der Waals surface area contributed by atoms with Gasteiger partial charge in [0.1, 0.15) is 4.83 Å². The summed E-state index contributed by atoms with van der Waals surface area (Å²) in [6.45, 7) is 0. The van der Waals surface area contributed by atoms with Gasteiger partial charge in [-0.2, -0.15) is 5.26 Å². The second kappa shape index (κ2) is 4.27. The number of hydrogen-bond acceptors (Lipinski definition) is 1. The molecule has 1 aromatic rings. The minimum Gasteiger partial charge on any atom is -0.197 e. The third kappa shape index (κ3) is 2.22. The van der Waals surface area contributed by atoms with Crippen LogP contribution in [0.15, 0.2) is 22.7 Å². The molecular formula is C8H4Br2ClN. The Kier molecular flexibility index (Phi) is 3.57. The number of benzene rings is 1. The van der Waals surface area contributed by atoms with Crippen LogP contribution in [0.25, 0.3) is 0 Å². The van der Waals surface area contributed by atoms with Crippen molar-refractivity contribution in [1.29, 1.82) is 5.26 Å². The van der Waals surface area contributed by atoms with Gasteiger partial charge in [0, 0.05) is 9.50 Å². The highest BCUT2D eigenvalue weighted by Crippen LogP contribution is 2.30. The van der Waals surface area contributed by atoms with Gasteiger partial charge in [-0.05, 0) is 17.7 Å². The van der Waals surface area contributed by atoms with Crippen LogP contribution in [-0.4, -0.2) is 0 Å². The number of halogens is 3. The van der Waals surface area contributed by atoms with E-state index in [0.717, 1.165) is 10.0 Å². The largest absolute Gasteiger partial charge is 0.197 e. The maximum Gasteiger partial charge on any atom is 0.127 e. The lowest BCUT2D eigenvalue weighted by Gasteiger charge is -2.03. The van der Waals surface area contributed by atoms with Crippen LogP contribution in [0, 0.1) is 11.3 Å². The van der Waals surface area contributed by atoms with Gasteiger partial charge in [-0.25, -0.2) is 0 Å². The Morgan fingerprint density at radius 2 is 2.17 bits per heavy atom. The lowest BCUT2D eigenvalue weighted by atomic mass is 10.2. The highest BCUT2D eigenvalue weighted by molar-refractivity contribution is 9.11. The quantitative estimate of drug-likeness (QED) is 0.718. The summed E-state index contributed by atoms with van der Waals surface area (Å²) in [4.78, 5) is -0.288. The molecule has 0 bridgehead atoms. The molecule has 0 saturated heterocycles. The Balaban J connectivity index is 3.11. The number of hydrogen-bond donors (Lipinski definition) is 0. The SMILES string of the molecule is N#CC(Br)c1ccc(Cl)cc1Br. The van der Waals surface area contributed by atoms with Crippen LogP contribution in [-0.2, 0) is 0 Å². The van der Waals surface area contributed by atoms with Gasteiger partial charge in [0.05, 0.1) is 6.07 Å². The first-order valence-corrected chi connectivity index (χ1v) is 5.22. The molecule has 0 aliphatic heterocycles. The van der Waals surface area contributed by atoms with E-state index >= 15 is 0 Å². The summed E-state index contributed by atoms with van der Waals surface area (Å²) < 4.78 is 0.846. The van der Waals surface area contributed by atoms with Gasteiger partial charge in [0.25, 0.3) is 0 Å². The van der Waals surface area contributed by atoms with Gasteiger partial charge in [0.15, 0.2) is 0 Å².